The van der Waals surface area contributed by atoms with Gasteiger partial charge in [0.2, 0.25) is 0 Å². The van der Waals surface area contributed by atoms with Crippen LogP contribution in [-0.4, -0.2) is 58.7 Å². The monoisotopic (exact) mass is 388 g/mol. The van der Waals surface area contributed by atoms with Gasteiger partial charge in [0.05, 0.1) is 0 Å². The normalized spacial score (nSPS) is 24.4. The summed E-state index contributed by atoms with van der Waals surface area (Å²) in [5.74, 6) is 1.06. The van der Waals surface area contributed by atoms with E-state index in [1.165, 1.54) is 32.1 Å². The second-order valence-electron chi connectivity index (χ2n) is 8.22. The topological polar surface area (TPSA) is 108 Å². The molecule has 1 saturated heterocycles. The van der Waals surface area contributed by atoms with Crippen LogP contribution in [0.15, 0.2) is 17.3 Å². The van der Waals surface area contributed by atoms with Gasteiger partial charge in [0, 0.05) is 43.9 Å². The summed E-state index contributed by atoms with van der Waals surface area (Å²) >= 11 is 0. The SMILES string of the molecule is CC(=N)N=C([OH2+])c1cc(C)cnc1N1CCC(NC2CCCCC2)C(CO)C1. The minimum atomic E-state index is 0.0710. The molecule has 0 aromatic carbocycles. The van der Waals surface area contributed by atoms with Gasteiger partial charge in [0.15, 0.2) is 0 Å². The highest BCUT2D eigenvalue weighted by atomic mass is 16.3. The average Bonchev–Trinajstić information content (AvgIpc) is 2.68. The summed E-state index contributed by atoms with van der Waals surface area (Å²) in [4.78, 5) is 10.8. The quantitative estimate of drug-likeness (QED) is 0.407. The second kappa shape index (κ2) is 9.47. The highest BCUT2D eigenvalue weighted by molar-refractivity contribution is 6.03. The Labute approximate surface area is 167 Å². The summed E-state index contributed by atoms with van der Waals surface area (Å²) in [6.45, 7) is 5.20. The fourth-order valence-electron chi connectivity index (χ4n) is 4.42. The first kappa shape index (κ1) is 20.7. The number of aliphatic hydroxyl groups is 1. The number of pyridine rings is 1. The van der Waals surface area contributed by atoms with Crippen LogP contribution in [0, 0.1) is 18.3 Å². The number of piperidine rings is 1. The Hall–Kier alpha value is -1.99. The van der Waals surface area contributed by atoms with Crippen LogP contribution in [0.3, 0.4) is 0 Å². The molecule has 1 aliphatic heterocycles. The van der Waals surface area contributed by atoms with E-state index in [0.717, 1.165) is 24.3 Å². The van der Waals surface area contributed by atoms with Crippen molar-refractivity contribution < 1.29 is 10.2 Å². The smallest absolute Gasteiger partial charge is 0.369 e. The molecule has 5 N–H and O–H groups in total. The Morgan fingerprint density at radius 2 is 2.11 bits per heavy atom. The van der Waals surface area contributed by atoms with Gasteiger partial charge in [-0.1, -0.05) is 19.3 Å². The Morgan fingerprint density at radius 3 is 2.79 bits per heavy atom. The summed E-state index contributed by atoms with van der Waals surface area (Å²) in [5, 5.41) is 29.7. The van der Waals surface area contributed by atoms with E-state index in [9.17, 15) is 5.11 Å². The van der Waals surface area contributed by atoms with E-state index in [0.29, 0.717) is 24.2 Å². The van der Waals surface area contributed by atoms with Crippen molar-refractivity contribution in [1.82, 2.24) is 10.3 Å². The number of hydrogen-bond donors (Lipinski definition) is 3. The van der Waals surface area contributed by atoms with Crippen LogP contribution in [0.1, 0.15) is 56.6 Å². The fourth-order valence-corrected chi connectivity index (χ4v) is 4.42. The van der Waals surface area contributed by atoms with Gasteiger partial charge in [-0.25, -0.2) is 4.98 Å². The molecule has 2 atom stereocenters. The van der Waals surface area contributed by atoms with Crippen molar-refractivity contribution in [3.63, 3.8) is 0 Å². The largest absolute Gasteiger partial charge is 0.578 e. The molecule has 3 rings (SSSR count). The van der Waals surface area contributed by atoms with E-state index < -0.39 is 0 Å². The maximum absolute atomic E-state index is 10.0. The molecule has 1 aromatic heterocycles. The van der Waals surface area contributed by atoms with Crippen LogP contribution in [0.25, 0.3) is 0 Å². The molecule has 2 heterocycles. The van der Waals surface area contributed by atoms with Gasteiger partial charge >= 0.3 is 5.90 Å². The minimum Gasteiger partial charge on any atom is -0.578 e. The van der Waals surface area contributed by atoms with E-state index in [4.69, 9.17) is 10.5 Å². The fraction of sp³-hybridized carbons (Fsp3) is 0.667. The predicted molar refractivity (Wildman–Crippen MR) is 114 cm³/mol. The van der Waals surface area contributed by atoms with Gasteiger partial charge in [-0.3, -0.25) is 5.41 Å². The van der Waals surface area contributed by atoms with Crippen molar-refractivity contribution in [1.29, 1.82) is 5.41 Å². The van der Waals surface area contributed by atoms with Crippen LogP contribution < -0.4 is 10.2 Å². The van der Waals surface area contributed by atoms with Crippen LogP contribution in [0.5, 0.6) is 0 Å². The second-order valence-corrected chi connectivity index (χ2v) is 8.22. The first-order valence-corrected chi connectivity index (χ1v) is 10.4. The Bertz CT molecular complexity index is 715. The number of anilines is 1. The maximum atomic E-state index is 10.0. The Morgan fingerprint density at radius 1 is 1.36 bits per heavy atom. The van der Waals surface area contributed by atoms with Crippen molar-refractivity contribution in [2.45, 2.75) is 64.5 Å². The van der Waals surface area contributed by atoms with Gasteiger partial charge in [-0.2, -0.15) is 4.99 Å². The first-order chi connectivity index (χ1) is 13.5. The van der Waals surface area contributed by atoms with Gasteiger partial charge in [-0.05, 0) is 44.7 Å². The van der Waals surface area contributed by atoms with Gasteiger partial charge in [-0.15, -0.1) is 0 Å². The molecular formula is C21H34N5O2+. The van der Waals surface area contributed by atoms with Crippen molar-refractivity contribution in [3.8, 4) is 0 Å². The van der Waals surface area contributed by atoms with E-state index >= 15 is 0 Å². The highest BCUT2D eigenvalue weighted by Gasteiger charge is 2.33. The van der Waals surface area contributed by atoms with Crippen LogP contribution in [-0.2, 0) is 0 Å². The number of hydrogen-bond acceptors (Lipinski definition) is 5. The van der Waals surface area contributed by atoms with Crippen molar-refractivity contribution in [2.75, 3.05) is 24.6 Å². The zero-order valence-corrected chi connectivity index (χ0v) is 17.0. The minimum absolute atomic E-state index is 0.0710. The highest BCUT2D eigenvalue weighted by Crippen LogP contribution is 2.27. The number of aliphatic imine (C=N–C) groups is 1. The third-order valence-electron chi connectivity index (χ3n) is 5.86. The number of aliphatic hydroxyl groups excluding tert-OH is 1. The summed E-state index contributed by atoms with van der Waals surface area (Å²) < 4.78 is 0. The van der Waals surface area contributed by atoms with E-state index in [-0.39, 0.29) is 24.3 Å². The molecule has 0 bridgehead atoms. The lowest BCUT2D eigenvalue weighted by molar-refractivity contribution is 0.159. The zero-order valence-electron chi connectivity index (χ0n) is 17.0. The summed E-state index contributed by atoms with van der Waals surface area (Å²) in [6.07, 6.45) is 9.18. The van der Waals surface area contributed by atoms with Crippen molar-refractivity contribution in [2.24, 2.45) is 10.9 Å². The molecule has 0 radical (unpaired) electrons. The number of amidine groups is 1. The first-order valence-electron chi connectivity index (χ1n) is 10.4. The number of aromatic nitrogens is 1. The summed E-state index contributed by atoms with van der Waals surface area (Å²) in [6, 6.07) is 2.82. The third-order valence-corrected chi connectivity index (χ3v) is 5.86. The molecular weight excluding hydrogens is 354 g/mol. The standard InChI is InChI=1S/C21H33N5O2/c1-14-10-18(21(28)24-15(2)22)20(23-11-14)26-9-8-19(16(12-26)13-27)25-17-6-4-3-5-7-17/h10-11,16-17,19,25,27H,3-9,12-13H2,1-2H3,(H2,22,24,28)/p+1. The lowest BCUT2D eigenvalue weighted by Gasteiger charge is -2.41. The zero-order chi connectivity index (χ0) is 20.1. The molecule has 28 heavy (non-hydrogen) atoms. The lowest BCUT2D eigenvalue weighted by atomic mass is 9.89. The van der Waals surface area contributed by atoms with Gasteiger partial charge < -0.3 is 20.4 Å². The predicted octanol–water partition coefficient (Wildman–Crippen LogP) is 1.97. The van der Waals surface area contributed by atoms with Gasteiger partial charge in [0.25, 0.3) is 0 Å². The summed E-state index contributed by atoms with van der Waals surface area (Å²) in [5.41, 5.74) is 1.62. The molecule has 1 saturated carbocycles. The average molecular weight is 389 g/mol. The Kier molecular flexibility index (Phi) is 7.02. The molecule has 154 valence electrons. The van der Waals surface area contributed by atoms with Crippen LogP contribution in [0.2, 0.25) is 0 Å². The van der Waals surface area contributed by atoms with E-state index in [1.54, 1.807) is 6.92 Å². The molecule has 0 spiro atoms. The van der Waals surface area contributed by atoms with E-state index in [1.807, 2.05) is 19.2 Å². The van der Waals surface area contributed by atoms with Crippen molar-refractivity contribution in [3.05, 3.63) is 23.4 Å². The molecule has 1 aliphatic carbocycles. The molecule has 2 aliphatic rings. The van der Waals surface area contributed by atoms with Crippen molar-refractivity contribution >= 4 is 17.6 Å². The number of nitrogens with zero attached hydrogens (tertiary/aromatic N) is 3. The Balaban J connectivity index is 1.76. The molecule has 7 nitrogen and oxygen atoms in total. The lowest BCUT2D eigenvalue weighted by Crippen LogP contribution is -2.54. The molecule has 2 fully saturated rings. The third kappa shape index (κ3) is 5.08. The van der Waals surface area contributed by atoms with Gasteiger partial charge in [0.1, 0.15) is 17.2 Å². The number of aryl methyl sites for hydroxylation is 1. The number of rotatable bonds is 5. The molecule has 2 unspecified atom stereocenters. The number of nitrogens with one attached hydrogen (secondary N) is 2. The maximum Gasteiger partial charge on any atom is 0.369 e. The molecule has 7 heteroatoms. The van der Waals surface area contributed by atoms with E-state index in [2.05, 4.69) is 20.2 Å². The summed E-state index contributed by atoms with van der Waals surface area (Å²) in [7, 11) is 0. The molecule has 0 amide bonds. The van der Waals surface area contributed by atoms with Crippen LogP contribution in [0.4, 0.5) is 5.82 Å². The van der Waals surface area contributed by atoms with Crippen LogP contribution >= 0.6 is 0 Å². The molecule has 1 aromatic rings.